The van der Waals surface area contributed by atoms with Gasteiger partial charge in [0.05, 0.1) is 33.4 Å². The molecule has 2 aliphatic heterocycles. The molecule has 5 rings (SSSR count). The molecular weight excluding hydrogens is 494 g/mol. The summed E-state index contributed by atoms with van der Waals surface area (Å²) in [7, 11) is 4.56. The average molecular weight is 524 g/mol. The van der Waals surface area contributed by atoms with Crippen molar-refractivity contribution in [1.82, 2.24) is 0 Å². The Morgan fingerprint density at radius 2 is 1.74 bits per heavy atom. The molecule has 3 aromatic rings. The quantitative estimate of drug-likeness (QED) is 0.460. The number of benzene rings is 3. The number of amides is 1. The van der Waals surface area contributed by atoms with Crippen molar-refractivity contribution in [3.05, 3.63) is 89.0 Å². The number of fused-ring (bicyclic) bond motifs is 3. The Balaban J connectivity index is 1.81. The van der Waals surface area contributed by atoms with E-state index in [1.54, 1.807) is 42.5 Å². The summed E-state index contributed by atoms with van der Waals surface area (Å²) in [5.41, 5.74) is 7.96. The lowest BCUT2D eigenvalue weighted by atomic mass is 9.67. The van der Waals surface area contributed by atoms with E-state index in [4.69, 9.17) is 19.9 Å². The topological polar surface area (TPSA) is 115 Å². The Kier molecular flexibility index (Phi) is 6.52. The first-order valence-corrected chi connectivity index (χ1v) is 12.5. The zero-order valence-electron chi connectivity index (χ0n) is 22.2. The van der Waals surface area contributed by atoms with Gasteiger partial charge in [-0.25, -0.2) is 0 Å². The van der Waals surface area contributed by atoms with Gasteiger partial charge >= 0.3 is 0 Å². The third kappa shape index (κ3) is 3.89. The van der Waals surface area contributed by atoms with Crippen molar-refractivity contribution in [2.75, 3.05) is 26.2 Å². The lowest BCUT2D eigenvalue weighted by molar-refractivity contribution is -0.125. The molecule has 0 radical (unpaired) electrons. The van der Waals surface area contributed by atoms with E-state index >= 15 is 0 Å². The van der Waals surface area contributed by atoms with Crippen molar-refractivity contribution in [2.24, 2.45) is 11.1 Å². The SMILES string of the molecule is COc1cccc(C(=O)[C@@H]2[C@H](c3ccc(OC)c(OC)c3)[C@@](C#N)(C(N)=O)[C@@H]3C=Cc4cc(C)ccc4N23)c1. The van der Waals surface area contributed by atoms with Gasteiger partial charge in [-0.2, -0.15) is 5.26 Å². The van der Waals surface area contributed by atoms with Crippen LogP contribution in [0.15, 0.2) is 66.7 Å². The molecule has 3 aromatic carbocycles. The van der Waals surface area contributed by atoms with Gasteiger partial charge < -0.3 is 24.8 Å². The van der Waals surface area contributed by atoms with Gasteiger partial charge in [0.1, 0.15) is 11.8 Å². The van der Waals surface area contributed by atoms with E-state index in [-0.39, 0.29) is 5.78 Å². The van der Waals surface area contributed by atoms with Crippen LogP contribution in [0.2, 0.25) is 0 Å². The van der Waals surface area contributed by atoms with E-state index in [1.165, 1.54) is 21.3 Å². The number of carbonyl (C=O) groups excluding carboxylic acids is 2. The van der Waals surface area contributed by atoms with Crippen molar-refractivity contribution < 1.29 is 23.8 Å². The number of methoxy groups -OCH3 is 3. The summed E-state index contributed by atoms with van der Waals surface area (Å²) in [5, 5.41) is 10.7. The standard InChI is InChI=1S/C31H29N3O5/c1-18-8-11-23-19(14-18)10-13-26-31(17-32,30(33)36)27(20-9-12-24(38-3)25(16-20)39-4)28(34(23)26)29(35)21-6-5-7-22(15-21)37-2/h5-16,26-28H,1-4H3,(H2,33,36)/t26-,27-,28-,31-/m0/s1. The summed E-state index contributed by atoms with van der Waals surface area (Å²) in [5.74, 6) is -0.584. The van der Waals surface area contributed by atoms with E-state index in [0.29, 0.717) is 28.4 Å². The number of nitrogens with zero attached hydrogens (tertiary/aromatic N) is 2. The predicted octanol–water partition coefficient (Wildman–Crippen LogP) is 4.27. The number of hydrogen-bond donors (Lipinski definition) is 1. The second kappa shape index (κ2) is 9.84. The molecular formula is C31H29N3O5. The third-order valence-electron chi connectivity index (χ3n) is 7.77. The number of hydrogen-bond acceptors (Lipinski definition) is 7. The van der Waals surface area contributed by atoms with E-state index in [0.717, 1.165) is 16.8 Å². The Bertz CT molecular complexity index is 1540. The van der Waals surface area contributed by atoms with E-state index in [2.05, 4.69) is 6.07 Å². The second-order valence-electron chi connectivity index (χ2n) is 9.75. The molecule has 1 saturated heterocycles. The number of carbonyl (C=O) groups is 2. The van der Waals surface area contributed by atoms with Crippen molar-refractivity contribution in [3.8, 4) is 23.3 Å². The van der Waals surface area contributed by atoms with Crippen LogP contribution < -0.4 is 24.8 Å². The number of anilines is 1. The maximum Gasteiger partial charge on any atom is 0.241 e. The Hall–Kier alpha value is -4.77. The van der Waals surface area contributed by atoms with Crippen LogP contribution in [0.1, 0.15) is 33.0 Å². The summed E-state index contributed by atoms with van der Waals surface area (Å²) in [6.45, 7) is 1.98. The van der Waals surface area contributed by atoms with Gasteiger partial charge in [0.15, 0.2) is 22.7 Å². The number of aryl methyl sites for hydroxylation is 1. The van der Waals surface area contributed by atoms with Crippen LogP contribution in [0.4, 0.5) is 5.69 Å². The van der Waals surface area contributed by atoms with Crippen LogP contribution in [0.25, 0.3) is 6.08 Å². The van der Waals surface area contributed by atoms with Crippen LogP contribution in [0.3, 0.4) is 0 Å². The van der Waals surface area contributed by atoms with Crippen molar-refractivity contribution in [2.45, 2.75) is 24.9 Å². The molecule has 0 unspecified atom stereocenters. The highest BCUT2D eigenvalue weighted by Crippen LogP contribution is 2.56. The van der Waals surface area contributed by atoms with Crippen molar-refractivity contribution in [3.63, 3.8) is 0 Å². The molecule has 0 spiro atoms. The van der Waals surface area contributed by atoms with E-state index in [9.17, 15) is 14.9 Å². The van der Waals surface area contributed by atoms with Crippen LogP contribution in [-0.2, 0) is 4.79 Å². The normalized spacial score (nSPS) is 22.8. The van der Waals surface area contributed by atoms with E-state index in [1.807, 2.05) is 42.2 Å². The molecule has 39 heavy (non-hydrogen) atoms. The summed E-state index contributed by atoms with van der Waals surface area (Å²) in [4.78, 5) is 29.8. The van der Waals surface area contributed by atoms with Crippen LogP contribution in [-0.4, -0.2) is 45.1 Å². The first-order valence-electron chi connectivity index (χ1n) is 12.5. The zero-order valence-corrected chi connectivity index (χ0v) is 22.2. The molecule has 2 heterocycles. The molecule has 2 N–H and O–H groups in total. The summed E-state index contributed by atoms with van der Waals surface area (Å²) < 4.78 is 16.3. The van der Waals surface area contributed by atoms with Gasteiger partial charge in [0.25, 0.3) is 0 Å². The molecule has 1 fully saturated rings. The lowest BCUT2D eigenvalue weighted by Crippen LogP contribution is -2.49. The molecule has 0 aromatic heterocycles. The van der Waals surface area contributed by atoms with Gasteiger partial charge in [-0.1, -0.05) is 42.0 Å². The largest absolute Gasteiger partial charge is 0.497 e. The number of nitriles is 1. The number of rotatable bonds is 7. The van der Waals surface area contributed by atoms with Crippen LogP contribution in [0.5, 0.6) is 17.2 Å². The molecule has 4 atom stereocenters. The summed E-state index contributed by atoms with van der Waals surface area (Å²) in [6, 6.07) is 18.5. The zero-order chi connectivity index (χ0) is 27.9. The molecule has 198 valence electrons. The average Bonchev–Trinajstić information content (AvgIpc) is 3.27. The second-order valence-corrected chi connectivity index (χ2v) is 9.75. The molecule has 2 aliphatic rings. The van der Waals surface area contributed by atoms with Crippen molar-refractivity contribution in [1.29, 1.82) is 5.26 Å². The molecule has 8 nitrogen and oxygen atoms in total. The highest BCUT2D eigenvalue weighted by molar-refractivity contribution is 6.06. The molecule has 0 bridgehead atoms. The first-order chi connectivity index (χ1) is 18.8. The number of ketones is 1. The monoisotopic (exact) mass is 523 g/mol. The van der Waals surface area contributed by atoms with Gasteiger partial charge in [-0.05, 0) is 54.4 Å². The Morgan fingerprint density at radius 1 is 0.974 bits per heavy atom. The Morgan fingerprint density at radius 3 is 2.41 bits per heavy atom. The van der Waals surface area contributed by atoms with Crippen LogP contribution in [0, 0.1) is 23.7 Å². The number of Topliss-reactive ketones (excluding diaryl/α,β-unsaturated/α-hetero) is 1. The predicted molar refractivity (Wildman–Crippen MR) is 147 cm³/mol. The number of ether oxygens (including phenoxy) is 3. The van der Waals surface area contributed by atoms with Gasteiger partial charge in [0, 0.05) is 17.2 Å². The minimum atomic E-state index is -1.77. The maximum atomic E-state index is 14.5. The van der Waals surface area contributed by atoms with Crippen LogP contribution >= 0.6 is 0 Å². The molecule has 8 heteroatoms. The minimum Gasteiger partial charge on any atom is -0.497 e. The molecule has 1 amide bonds. The minimum absolute atomic E-state index is 0.265. The number of primary amides is 1. The van der Waals surface area contributed by atoms with E-state index < -0.39 is 29.3 Å². The summed E-state index contributed by atoms with van der Waals surface area (Å²) >= 11 is 0. The fourth-order valence-electron chi connectivity index (χ4n) is 5.97. The summed E-state index contributed by atoms with van der Waals surface area (Å²) in [6.07, 6.45) is 3.70. The number of nitrogens with two attached hydrogens (primary N) is 1. The highest BCUT2D eigenvalue weighted by atomic mass is 16.5. The fraction of sp³-hybridized carbons (Fsp3) is 0.258. The first kappa shape index (κ1) is 25.9. The highest BCUT2D eigenvalue weighted by Gasteiger charge is 2.66. The van der Waals surface area contributed by atoms with Gasteiger partial charge in [-0.3, -0.25) is 9.59 Å². The third-order valence-corrected chi connectivity index (χ3v) is 7.77. The van der Waals surface area contributed by atoms with Gasteiger partial charge in [0.2, 0.25) is 5.91 Å². The molecule has 0 aliphatic carbocycles. The lowest BCUT2D eigenvalue weighted by Gasteiger charge is -2.36. The maximum absolute atomic E-state index is 14.5. The Labute approximate surface area is 227 Å². The van der Waals surface area contributed by atoms with Gasteiger partial charge in [-0.15, -0.1) is 0 Å². The van der Waals surface area contributed by atoms with Crippen molar-refractivity contribution >= 4 is 23.5 Å². The smallest absolute Gasteiger partial charge is 0.241 e. The fourth-order valence-corrected chi connectivity index (χ4v) is 5.97. The molecule has 0 saturated carbocycles.